The number of nitrogens with one attached hydrogen (secondary N) is 1. The zero-order chi connectivity index (χ0) is 15.1. The number of fused-ring (bicyclic) bond motifs is 3. The van der Waals surface area contributed by atoms with Crippen molar-refractivity contribution in [3.63, 3.8) is 0 Å². The van der Waals surface area contributed by atoms with Crippen LogP contribution in [0.3, 0.4) is 0 Å². The van der Waals surface area contributed by atoms with Crippen LogP contribution in [0.25, 0.3) is 21.6 Å². The van der Waals surface area contributed by atoms with Crippen molar-refractivity contribution in [1.82, 2.24) is 0 Å². The van der Waals surface area contributed by atoms with Gasteiger partial charge < -0.3 is 11.1 Å². The Hall–Kier alpha value is -2.59. The Kier molecular flexibility index (Phi) is 2.98. The van der Waals surface area contributed by atoms with E-state index < -0.39 is 0 Å². The van der Waals surface area contributed by atoms with E-state index in [-0.39, 0.29) is 5.91 Å². The van der Waals surface area contributed by atoms with Crippen LogP contribution < -0.4 is 11.1 Å². The molecule has 1 aliphatic rings. The highest BCUT2D eigenvalue weighted by molar-refractivity contribution is 7.18. The Morgan fingerprint density at radius 2 is 1.77 bits per heavy atom. The first-order valence-corrected chi connectivity index (χ1v) is 7.91. The summed E-state index contributed by atoms with van der Waals surface area (Å²) < 4.78 is 0. The molecule has 0 unspecified atom stereocenters. The average molecular weight is 306 g/mol. The van der Waals surface area contributed by atoms with Gasteiger partial charge in [0.05, 0.1) is 0 Å². The summed E-state index contributed by atoms with van der Waals surface area (Å²) in [7, 11) is 0. The van der Waals surface area contributed by atoms with Gasteiger partial charge in [-0.1, -0.05) is 48.5 Å². The van der Waals surface area contributed by atoms with Gasteiger partial charge in [0.2, 0.25) is 0 Å². The molecular weight excluding hydrogens is 292 g/mol. The summed E-state index contributed by atoms with van der Waals surface area (Å²) in [6.07, 6.45) is 0. The third kappa shape index (κ3) is 1.92. The van der Waals surface area contributed by atoms with E-state index in [0.29, 0.717) is 11.4 Å². The minimum atomic E-state index is -0.365. The Labute approximate surface area is 132 Å². The number of amides is 1. The lowest BCUT2D eigenvalue weighted by molar-refractivity contribution is 0.100. The Balaban J connectivity index is 2.01. The second-order valence-electron chi connectivity index (χ2n) is 5.24. The number of hydrogen-bond acceptors (Lipinski definition) is 3. The monoisotopic (exact) mass is 306 g/mol. The van der Waals surface area contributed by atoms with Crippen LogP contribution >= 0.6 is 11.3 Å². The molecule has 0 spiro atoms. The molecule has 0 radical (unpaired) electrons. The Morgan fingerprint density at radius 1 is 1.05 bits per heavy atom. The molecule has 0 saturated carbocycles. The molecule has 3 aromatic rings. The average Bonchev–Trinajstić information content (AvgIpc) is 2.96. The van der Waals surface area contributed by atoms with Crippen LogP contribution in [0.4, 0.5) is 5.69 Å². The standard InChI is InChI=1S/C18H14N2OS/c19-18(21)17-15(11-6-2-1-3-7-11)13-10-20-14-9-5-4-8-12(14)16(13)22-17/h1-9,20H,10H2,(H2,19,21). The molecular formula is C18H14N2OS. The van der Waals surface area contributed by atoms with Crippen LogP contribution in [0.15, 0.2) is 54.6 Å². The van der Waals surface area contributed by atoms with Crippen molar-refractivity contribution in [1.29, 1.82) is 0 Å². The quantitative estimate of drug-likeness (QED) is 0.748. The van der Waals surface area contributed by atoms with E-state index in [1.165, 1.54) is 11.3 Å². The van der Waals surface area contributed by atoms with Gasteiger partial charge in [-0.3, -0.25) is 4.79 Å². The summed E-state index contributed by atoms with van der Waals surface area (Å²) in [5.74, 6) is -0.365. The number of rotatable bonds is 2. The van der Waals surface area contributed by atoms with Gasteiger partial charge >= 0.3 is 0 Å². The predicted octanol–water partition coefficient (Wildman–Crippen LogP) is 4.11. The van der Waals surface area contributed by atoms with Crippen molar-refractivity contribution in [2.45, 2.75) is 6.54 Å². The van der Waals surface area contributed by atoms with E-state index >= 15 is 0 Å². The van der Waals surface area contributed by atoms with Gasteiger partial charge in [-0.2, -0.15) is 0 Å². The molecule has 1 aromatic heterocycles. The highest BCUT2D eigenvalue weighted by Crippen LogP contribution is 2.46. The first-order valence-electron chi connectivity index (χ1n) is 7.10. The van der Waals surface area contributed by atoms with Crippen molar-refractivity contribution in [3.8, 4) is 21.6 Å². The molecule has 108 valence electrons. The number of carbonyl (C=O) groups is 1. The third-order valence-electron chi connectivity index (χ3n) is 3.92. The van der Waals surface area contributed by atoms with Crippen LogP contribution in [0.5, 0.6) is 0 Å². The second-order valence-corrected chi connectivity index (χ2v) is 6.26. The summed E-state index contributed by atoms with van der Waals surface area (Å²) >= 11 is 1.49. The number of thiophene rings is 1. The molecule has 4 rings (SSSR count). The molecule has 22 heavy (non-hydrogen) atoms. The second kappa shape index (κ2) is 5.00. The Morgan fingerprint density at radius 3 is 2.55 bits per heavy atom. The lowest BCUT2D eigenvalue weighted by atomic mass is 9.95. The minimum Gasteiger partial charge on any atom is -0.380 e. The molecule has 1 aliphatic heterocycles. The van der Waals surface area contributed by atoms with Crippen molar-refractivity contribution >= 4 is 22.9 Å². The van der Waals surface area contributed by atoms with Crippen molar-refractivity contribution in [2.75, 3.05) is 5.32 Å². The van der Waals surface area contributed by atoms with Gasteiger partial charge in [0.1, 0.15) is 4.88 Å². The topological polar surface area (TPSA) is 55.1 Å². The minimum absolute atomic E-state index is 0.365. The molecule has 2 aromatic carbocycles. The van der Waals surface area contributed by atoms with Crippen molar-refractivity contribution < 1.29 is 4.79 Å². The van der Waals surface area contributed by atoms with E-state index in [4.69, 9.17) is 5.73 Å². The number of carbonyl (C=O) groups excluding carboxylic acids is 1. The van der Waals surface area contributed by atoms with E-state index in [9.17, 15) is 4.79 Å². The van der Waals surface area contributed by atoms with Gasteiger partial charge in [-0.15, -0.1) is 11.3 Å². The van der Waals surface area contributed by atoms with Crippen molar-refractivity contribution in [2.24, 2.45) is 5.73 Å². The number of para-hydroxylation sites is 1. The fourth-order valence-corrected chi connectivity index (χ4v) is 4.19. The number of primary amides is 1. The largest absolute Gasteiger partial charge is 0.380 e. The molecule has 0 saturated heterocycles. The van der Waals surface area contributed by atoms with Gasteiger partial charge in [0.15, 0.2) is 0 Å². The number of benzene rings is 2. The Bertz CT molecular complexity index is 868. The number of nitrogens with two attached hydrogens (primary N) is 1. The maximum Gasteiger partial charge on any atom is 0.259 e. The lowest BCUT2D eigenvalue weighted by Gasteiger charge is -2.19. The summed E-state index contributed by atoms with van der Waals surface area (Å²) in [4.78, 5) is 13.7. The molecule has 3 N–H and O–H groups in total. The molecule has 0 atom stereocenters. The number of hydrogen-bond donors (Lipinski definition) is 2. The normalized spacial score (nSPS) is 12.2. The summed E-state index contributed by atoms with van der Waals surface area (Å²) in [6.45, 7) is 0.709. The summed E-state index contributed by atoms with van der Waals surface area (Å²) in [5, 5.41) is 3.44. The fraction of sp³-hybridized carbons (Fsp3) is 0.0556. The maximum atomic E-state index is 11.9. The summed E-state index contributed by atoms with van der Waals surface area (Å²) in [6, 6.07) is 18.1. The molecule has 1 amide bonds. The molecule has 3 nitrogen and oxygen atoms in total. The molecule has 0 fully saturated rings. The van der Waals surface area contributed by atoms with Crippen LogP contribution in [0.2, 0.25) is 0 Å². The van der Waals surface area contributed by atoms with Crippen LogP contribution in [-0.2, 0) is 6.54 Å². The molecule has 0 bridgehead atoms. The number of anilines is 1. The van der Waals surface area contributed by atoms with E-state index in [2.05, 4.69) is 17.4 Å². The highest BCUT2D eigenvalue weighted by Gasteiger charge is 2.26. The van der Waals surface area contributed by atoms with E-state index in [0.717, 1.165) is 32.8 Å². The SMILES string of the molecule is NC(=O)c1sc2c(c1-c1ccccc1)CNc1ccccc1-2. The smallest absolute Gasteiger partial charge is 0.259 e. The molecule has 4 heteroatoms. The van der Waals surface area contributed by atoms with E-state index in [1.807, 2.05) is 42.5 Å². The van der Waals surface area contributed by atoms with Gasteiger partial charge in [0, 0.05) is 28.2 Å². The van der Waals surface area contributed by atoms with Crippen LogP contribution in [0.1, 0.15) is 15.2 Å². The first-order chi connectivity index (χ1) is 10.8. The molecule has 0 aliphatic carbocycles. The van der Waals surface area contributed by atoms with Gasteiger partial charge in [0.25, 0.3) is 5.91 Å². The van der Waals surface area contributed by atoms with Crippen molar-refractivity contribution in [3.05, 3.63) is 65.0 Å². The summed E-state index contributed by atoms with van der Waals surface area (Å²) in [5.41, 5.74) is 11.0. The lowest BCUT2D eigenvalue weighted by Crippen LogP contribution is -2.11. The first kappa shape index (κ1) is 13.1. The zero-order valence-electron chi connectivity index (χ0n) is 11.8. The fourth-order valence-electron chi connectivity index (χ4n) is 2.95. The van der Waals surface area contributed by atoms with Gasteiger partial charge in [-0.05, 0) is 17.2 Å². The maximum absolute atomic E-state index is 11.9. The zero-order valence-corrected chi connectivity index (χ0v) is 12.6. The highest BCUT2D eigenvalue weighted by atomic mass is 32.1. The van der Waals surface area contributed by atoms with E-state index in [1.54, 1.807) is 0 Å². The predicted molar refractivity (Wildman–Crippen MR) is 91.0 cm³/mol. The van der Waals surface area contributed by atoms with Gasteiger partial charge in [-0.25, -0.2) is 0 Å². The van der Waals surface area contributed by atoms with Crippen LogP contribution in [-0.4, -0.2) is 5.91 Å². The third-order valence-corrected chi connectivity index (χ3v) is 5.20. The molecule has 2 heterocycles. The van der Waals surface area contributed by atoms with Crippen LogP contribution in [0, 0.1) is 0 Å².